The molecule has 0 saturated heterocycles. The second kappa shape index (κ2) is 6.36. The van der Waals surface area contributed by atoms with Gasteiger partial charge in [0, 0.05) is 9.75 Å². The SMILES string of the molecule is CNC(/C1=C/CCCCCC1)c1ccc(C)s1. The van der Waals surface area contributed by atoms with Crippen LogP contribution < -0.4 is 5.32 Å². The number of rotatable bonds is 3. The molecule has 0 amide bonds. The predicted molar refractivity (Wildman–Crippen MR) is 76.6 cm³/mol. The number of allylic oxidation sites excluding steroid dienone is 1. The van der Waals surface area contributed by atoms with Crippen LogP contribution in [0.1, 0.15) is 54.3 Å². The van der Waals surface area contributed by atoms with Crippen molar-refractivity contribution in [2.24, 2.45) is 0 Å². The summed E-state index contributed by atoms with van der Waals surface area (Å²) in [5.41, 5.74) is 1.61. The molecular formula is C15H23NS. The molecule has 1 atom stereocenters. The Hall–Kier alpha value is -0.600. The average Bonchev–Trinajstić information content (AvgIpc) is 2.68. The summed E-state index contributed by atoms with van der Waals surface area (Å²) >= 11 is 1.92. The van der Waals surface area contributed by atoms with Crippen LogP contribution in [0.25, 0.3) is 0 Å². The molecule has 2 rings (SSSR count). The van der Waals surface area contributed by atoms with Gasteiger partial charge in [-0.15, -0.1) is 11.3 Å². The lowest BCUT2D eigenvalue weighted by Gasteiger charge is -2.20. The van der Waals surface area contributed by atoms with Crippen LogP contribution in [0.4, 0.5) is 0 Å². The zero-order valence-electron chi connectivity index (χ0n) is 11.0. The van der Waals surface area contributed by atoms with E-state index in [4.69, 9.17) is 0 Å². The van der Waals surface area contributed by atoms with Crippen molar-refractivity contribution in [3.8, 4) is 0 Å². The number of thiophene rings is 1. The minimum absolute atomic E-state index is 0.451. The predicted octanol–water partition coefficient (Wildman–Crippen LogP) is 4.60. The Bertz CT molecular complexity index is 378. The van der Waals surface area contributed by atoms with Crippen LogP contribution in [0.5, 0.6) is 0 Å². The molecule has 0 saturated carbocycles. The topological polar surface area (TPSA) is 12.0 Å². The largest absolute Gasteiger partial charge is 0.309 e. The van der Waals surface area contributed by atoms with Crippen LogP contribution in [0.2, 0.25) is 0 Å². The van der Waals surface area contributed by atoms with Crippen molar-refractivity contribution in [1.82, 2.24) is 5.32 Å². The van der Waals surface area contributed by atoms with Crippen molar-refractivity contribution in [3.63, 3.8) is 0 Å². The quantitative estimate of drug-likeness (QED) is 0.772. The van der Waals surface area contributed by atoms with Gasteiger partial charge in [0.1, 0.15) is 0 Å². The smallest absolute Gasteiger partial charge is 0.0628 e. The van der Waals surface area contributed by atoms with E-state index in [1.807, 2.05) is 11.3 Å². The monoisotopic (exact) mass is 249 g/mol. The van der Waals surface area contributed by atoms with Crippen molar-refractivity contribution < 1.29 is 0 Å². The lowest BCUT2D eigenvalue weighted by atomic mass is 9.94. The summed E-state index contributed by atoms with van der Waals surface area (Å²) in [4.78, 5) is 2.88. The maximum absolute atomic E-state index is 3.49. The van der Waals surface area contributed by atoms with Crippen LogP contribution in [-0.2, 0) is 0 Å². The van der Waals surface area contributed by atoms with Gasteiger partial charge >= 0.3 is 0 Å². The molecule has 0 radical (unpaired) electrons. The molecule has 1 aliphatic carbocycles. The van der Waals surface area contributed by atoms with Gasteiger partial charge in [0.15, 0.2) is 0 Å². The minimum atomic E-state index is 0.451. The first-order valence-corrected chi connectivity index (χ1v) is 7.55. The Morgan fingerprint density at radius 2 is 2.00 bits per heavy atom. The molecule has 1 aromatic rings. The van der Waals surface area contributed by atoms with E-state index in [1.54, 1.807) is 5.57 Å². The number of hydrogen-bond acceptors (Lipinski definition) is 2. The van der Waals surface area contributed by atoms with Crippen LogP contribution >= 0.6 is 11.3 Å². The molecule has 0 aromatic carbocycles. The molecule has 1 unspecified atom stereocenters. The first kappa shape index (κ1) is 12.8. The van der Waals surface area contributed by atoms with E-state index in [9.17, 15) is 0 Å². The Morgan fingerprint density at radius 3 is 2.71 bits per heavy atom. The zero-order chi connectivity index (χ0) is 12.1. The molecule has 1 nitrogen and oxygen atoms in total. The van der Waals surface area contributed by atoms with Crippen molar-refractivity contribution in [2.75, 3.05) is 7.05 Å². The number of nitrogens with one attached hydrogen (secondary N) is 1. The van der Waals surface area contributed by atoms with Gasteiger partial charge < -0.3 is 5.32 Å². The summed E-state index contributed by atoms with van der Waals surface area (Å²) < 4.78 is 0. The van der Waals surface area contributed by atoms with Gasteiger partial charge in [-0.2, -0.15) is 0 Å². The molecule has 17 heavy (non-hydrogen) atoms. The van der Waals surface area contributed by atoms with E-state index >= 15 is 0 Å². The van der Waals surface area contributed by atoms with Crippen LogP contribution in [-0.4, -0.2) is 7.05 Å². The fourth-order valence-electron chi connectivity index (χ4n) is 2.60. The van der Waals surface area contributed by atoms with E-state index in [2.05, 4.69) is 37.5 Å². The van der Waals surface area contributed by atoms with E-state index in [0.29, 0.717) is 6.04 Å². The van der Waals surface area contributed by atoms with Crippen LogP contribution in [0, 0.1) is 6.92 Å². The van der Waals surface area contributed by atoms with Gasteiger partial charge in [-0.25, -0.2) is 0 Å². The van der Waals surface area contributed by atoms with Crippen molar-refractivity contribution >= 4 is 11.3 Å². The first-order chi connectivity index (χ1) is 8.31. The fourth-order valence-corrected chi connectivity index (χ4v) is 3.63. The number of aryl methyl sites for hydroxylation is 1. The van der Waals surface area contributed by atoms with Gasteiger partial charge in [-0.1, -0.05) is 24.5 Å². The lowest BCUT2D eigenvalue weighted by molar-refractivity contribution is 0.577. The average molecular weight is 249 g/mol. The van der Waals surface area contributed by atoms with E-state index in [-0.39, 0.29) is 0 Å². The molecule has 94 valence electrons. The molecular weight excluding hydrogens is 226 g/mol. The van der Waals surface area contributed by atoms with Crippen molar-refractivity contribution in [2.45, 2.75) is 51.5 Å². The molecule has 0 aliphatic heterocycles. The number of likely N-dealkylation sites (N-methyl/N-ethyl adjacent to an activating group) is 1. The molecule has 1 N–H and O–H groups in total. The highest BCUT2D eigenvalue weighted by molar-refractivity contribution is 7.12. The maximum atomic E-state index is 3.49. The van der Waals surface area contributed by atoms with Gasteiger partial charge in [-0.3, -0.25) is 0 Å². The lowest BCUT2D eigenvalue weighted by Crippen LogP contribution is -2.18. The summed E-state index contributed by atoms with van der Waals surface area (Å²) in [5, 5.41) is 3.49. The Balaban J connectivity index is 2.16. The molecule has 1 aromatic heterocycles. The standard InChI is InChI=1S/C15H23NS/c1-12-10-11-14(17-12)15(16-2)13-8-6-4-3-5-7-9-13/h8,10-11,15-16H,3-7,9H2,1-2H3/b13-8+. The minimum Gasteiger partial charge on any atom is -0.309 e. The van der Waals surface area contributed by atoms with Crippen molar-refractivity contribution in [3.05, 3.63) is 33.5 Å². The van der Waals surface area contributed by atoms with Gasteiger partial charge in [0.2, 0.25) is 0 Å². The second-order valence-electron chi connectivity index (χ2n) is 4.90. The molecule has 0 fully saturated rings. The molecule has 0 bridgehead atoms. The van der Waals surface area contributed by atoms with Gasteiger partial charge in [0.05, 0.1) is 6.04 Å². The Morgan fingerprint density at radius 1 is 1.18 bits per heavy atom. The third-order valence-corrected chi connectivity index (χ3v) is 4.60. The maximum Gasteiger partial charge on any atom is 0.0628 e. The van der Waals surface area contributed by atoms with Gasteiger partial charge in [-0.05, 0) is 51.8 Å². The summed E-state index contributed by atoms with van der Waals surface area (Å²) in [7, 11) is 2.08. The molecule has 2 heteroatoms. The molecule has 1 heterocycles. The summed E-state index contributed by atoms with van der Waals surface area (Å²) in [5.74, 6) is 0. The van der Waals surface area contributed by atoms with E-state index in [1.165, 1.54) is 48.3 Å². The van der Waals surface area contributed by atoms with Crippen LogP contribution in [0.15, 0.2) is 23.8 Å². The first-order valence-electron chi connectivity index (χ1n) is 6.74. The third-order valence-electron chi connectivity index (χ3n) is 3.53. The summed E-state index contributed by atoms with van der Waals surface area (Å²) in [6, 6.07) is 4.96. The normalized spacial score (nSPS) is 22.4. The Labute approximate surface area is 109 Å². The summed E-state index contributed by atoms with van der Waals surface area (Å²) in [6.07, 6.45) is 10.5. The fraction of sp³-hybridized carbons (Fsp3) is 0.600. The summed E-state index contributed by atoms with van der Waals surface area (Å²) in [6.45, 7) is 2.19. The number of hydrogen-bond donors (Lipinski definition) is 1. The van der Waals surface area contributed by atoms with Crippen LogP contribution in [0.3, 0.4) is 0 Å². The highest BCUT2D eigenvalue weighted by Gasteiger charge is 2.16. The zero-order valence-corrected chi connectivity index (χ0v) is 11.8. The highest BCUT2D eigenvalue weighted by Crippen LogP contribution is 2.32. The van der Waals surface area contributed by atoms with Crippen molar-refractivity contribution in [1.29, 1.82) is 0 Å². The Kier molecular flexibility index (Phi) is 4.81. The van der Waals surface area contributed by atoms with E-state index < -0.39 is 0 Å². The third kappa shape index (κ3) is 3.43. The molecule has 1 aliphatic rings. The second-order valence-corrected chi connectivity index (χ2v) is 6.22. The molecule has 0 spiro atoms. The highest BCUT2D eigenvalue weighted by atomic mass is 32.1. The van der Waals surface area contributed by atoms with E-state index in [0.717, 1.165) is 0 Å². The van der Waals surface area contributed by atoms with Gasteiger partial charge in [0.25, 0.3) is 0 Å².